The molecule has 0 aliphatic heterocycles. The molecule has 3 aromatic carbocycles. The Balaban J connectivity index is 0.000000172. The van der Waals surface area contributed by atoms with Crippen LogP contribution >= 0.6 is 0 Å². The minimum Gasteiger partial charge on any atom is -0.497 e. The Kier molecular flexibility index (Phi) is 11.1. The predicted octanol–water partition coefficient (Wildman–Crippen LogP) is 8.39. The van der Waals surface area contributed by atoms with Gasteiger partial charge in [0.05, 0.1) is 44.8 Å². The van der Waals surface area contributed by atoms with E-state index >= 15 is 0 Å². The maximum absolute atomic E-state index is 5.97. The second kappa shape index (κ2) is 17.3. The van der Waals surface area contributed by atoms with Gasteiger partial charge in [-0.05, 0) is 90.5 Å². The van der Waals surface area contributed by atoms with Crippen LogP contribution < -0.4 is 34.7 Å². The van der Waals surface area contributed by atoms with Crippen LogP contribution in [0.15, 0.2) is 146 Å². The van der Waals surface area contributed by atoms with Crippen LogP contribution in [0.1, 0.15) is 5.56 Å². The molecule has 0 saturated carbocycles. The number of nitrogens with two attached hydrogens (primary N) is 1. The Morgan fingerprint density at radius 3 is 1.51 bits per heavy atom. The number of methoxy groups -OCH3 is 3. The average molecular weight is 787 g/mol. The third-order valence-corrected chi connectivity index (χ3v) is 9.08. The van der Waals surface area contributed by atoms with Crippen LogP contribution in [0.4, 0.5) is 11.9 Å². The molecule has 0 amide bonds. The van der Waals surface area contributed by atoms with Gasteiger partial charge < -0.3 is 34.7 Å². The highest BCUT2D eigenvalue weighted by Gasteiger charge is 2.13. The molecule has 6 heterocycles. The number of hydrogen-bond acceptors (Lipinski definition) is 13. The highest BCUT2D eigenvalue weighted by Crippen LogP contribution is 2.29. The molecule has 9 aromatic rings. The number of fused-ring (bicyclic) bond motifs is 2. The van der Waals surface area contributed by atoms with E-state index in [-0.39, 0.29) is 0 Å². The highest BCUT2D eigenvalue weighted by molar-refractivity contribution is 5.67. The van der Waals surface area contributed by atoms with Crippen molar-refractivity contribution in [3.8, 4) is 63.3 Å². The summed E-state index contributed by atoms with van der Waals surface area (Å²) in [7, 11) is 4.87. The third-order valence-electron chi connectivity index (χ3n) is 9.08. The fourth-order valence-electron chi connectivity index (χ4n) is 6.11. The number of pyridine rings is 2. The SMILES string of the molecule is COc1ccc(CNc2nccc3cnc(-c4ccc(Oc5cc(OC)ccn5)cc4)n23)cc1.COc1ccnc(Oc2ccc(-c3ncc4ccnc(N)n34)cc2)c1. The molecule has 0 atom stereocenters. The van der Waals surface area contributed by atoms with Crippen molar-refractivity contribution in [1.29, 1.82) is 0 Å². The van der Waals surface area contributed by atoms with E-state index in [1.165, 1.54) is 0 Å². The fourth-order valence-corrected chi connectivity index (χ4v) is 6.11. The van der Waals surface area contributed by atoms with Gasteiger partial charge in [-0.15, -0.1) is 0 Å². The quantitative estimate of drug-likeness (QED) is 0.121. The summed E-state index contributed by atoms with van der Waals surface area (Å²) in [6.07, 6.45) is 10.3. The summed E-state index contributed by atoms with van der Waals surface area (Å²) in [6, 6.07) is 34.0. The van der Waals surface area contributed by atoms with Crippen LogP contribution in [0, 0.1) is 0 Å². The summed E-state index contributed by atoms with van der Waals surface area (Å²) in [5.41, 5.74) is 10.8. The summed E-state index contributed by atoms with van der Waals surface area (Å²) in [6.45, 7) is 0.619. The van der Waals surface area contributed by atoms with Gasteiger partial charge >= 0.3 is 0 Å². The van der Waals surface area contributed by atoms with Gasteiger partial charge in [-0.2, -0.15) is 0 Å². The van der Waals surface area contributed by atoms with Crippen LogP contribution in [0.3, 0.4) is 0 Å². The van der Waals surface area contributed by atoms with E-state index < -0.39 is 0 Å². The first-order valence-corrected chi connectivity index (χ1v) is 18.3. The number of nitrogen functional groups attached to an aromatic ring is 1. The number of anilines is 2. The number of benzene rings is 3. The molecule has 0 unspecified atom stereocenters. The minimum absolute atomic E-state index is 0.394. The lowest BCUT2D eigenvalue weighted by molar-refractivity contribution is 0.405. The molecule has 6 aromatic heterocycles. The molecule has 0 spiro atoms. The Labute approximate surface area is 338 Å². The van der Waals surface area contributed by atoms with Gasteiger partial charge in [0.25, 0.3) is 0 Å². The van der Waals surface area contributed by atoms with Crippen molar-refractivity contribution in [3.63, 3.8) is 0 Å². The molecular weight excluding hydrogens is 749 g/mol. The van der Waals surface area contributed by atoms with Crippen LogP contribution in [-0.2, 0) is 6.54 Å². The zero-order valence-corrected chi connectivity index (χ0v) is 32.3. The first kappa shape index (κ1) is 37.7. The van der Waals surface area contributed by atoms with Crippen LogP contribution in [0.25, 0.3) is 33.8 Å². The lowest BCUT2D eigenvalue weighted by Gasteiger charge is -2.11. The van der Waals surface area contributed by atoms with Gasteiger partial charge in [-0.25, -0.2) is 29.9 Å². The number of imidazole rings is 2. The van der Waals surface area contributed by atoms with Gasteiger partial charge in [0.2, 0.25) is 23.7 Å². The number of aromatic nitrogens is 8. The third kappa shape index (κ3) is 8.63. The van der Waals surface area contributed by atoms with Gasteiger partial charge in [-0.3, -0.25) is 8.80 Å². The van der Waals surface area contributed by atoms with Gasteiger partial charge in [0.15, 0.2) is 0 Å². The standard InChI is InChI=1S/C26H23N5O3.C18H15N5O2/c1-32-21-7-3-18(4-8-21)16-30-26-28-13-11-20-17-29-25(31(20)26)19-5-9-22(10-6-19)34-24-15-23(33-2)12-14-27-24;1-24-15-7-9-20-16(10-15)25-14-4-2-12(3-5-14)17-22-11-13-6-8-21-18(19)23(13)17/h3-15,17H,16H2,1-2H3,(H,28,30);2-11H,1H3,(H2,19,21). The Bertz CT molecular complexity index is 2810. The molecule has 0 aliphatic carbocycles. The second-order valence-corrected chi connectivity index (χ2v) is 12.8. The molecule has 0 radical (unpaired) electrons. The summed E-state index contributed by atoms with van der Waals surface area (Å²) in [5.74, 6) is 7.08. The summed E-state index contributed by atoms with van der Waals surface area (Å²) < 4.78 is 31.0. The van der Waals surface area contributed by atoms with E-state index in [4.69, 9.17) is 29.4 Å². The van der Waals surface area contributed by atoms with Crippen molar-refractivity contribution in [2.75, 3.05) is 32.4 Å². The van der Waals surface area contributed by atoms with Crippen LogP contribution in [0.5, 0.6) is 40.5 Å². The smallest absolute Gasteiger partial charge is 0.222 e. The Morgan fingerprint density at radius 1 is 0.492 bits per heavy atom. The molecular formula is C44H38N10O5. The molecule has 9 rings (SSSR count). The summed E-state index contributed by atoms with van der Waals surface area (Å²) in [5, 5.41) is 3.42. The van der Waals surface area contributed by atoms with E-state index in [2.05, 4.69) is 35.2 Å². The molecule has 0 bridgehead atoms. The van der Waals surface area contributed by atoms with Crippen molar-refractivity contribution in [3.05, 3.63) is 152 Å². The molecule has 0 aliphatic rings. The van der Waals surface area contributed by atoms with Crippen molar-refractivity contribution in [2.45, 2.75) is 6.54 Å². The predicted molar refractivity (Wildman–Crippen MR) is 223 cm³/mol. The number of rotatable bonds is 12. The van der Waals surface area contributed by atoms with E-state index in [1.54, 1.807) is 81.0 Å². The molecule has 15 heteroatoms. The normalized spacial score (nSPS) is 10.8. The van der Waals surface area contributed by atoms with Gasteiger partial charge in [0, 0.05) is 54.6 Å². The molecule has 294 valence electrons. The van der Waals surface area contributed by atoms with Crippen molar-refractivity contribution < 1.29 is 23.7 Å². The zero-order valence-electron chi connectivity index (χ0n) is 32.3. The van der Waals surface area contributed by atoms with E-state index in [0.717, 1.165) is 45.1 Å². The fraction of sp³-hybridized carbons (Fsp3) is 0.0909. The molecule has 3 N–H and O–H groups in total. The van der Waals surface area contributed by atoms with Crippen LogP contribution in [0.2, 0.25) is 0 Å². The van der Waals surface area contributed by atoms with Gasteiger partial charge in [0.1, 0.15) is 40.4 Å². The highest BCUT2D eigenvalue weighted by atomic mass is 16.5. The van der Waals surface area contributed by atoms with E-state index in [1.807, 2.05) is 95.5 Å². The van der Waals surface area contributed by atoms with Crippen molar-refractivity contribution in [1.82, 2.24) is 38.7 Å². The number of hydrogen-bond donors (Lipinski definition) is 2. The summed E-state index contributed by atoms with van der Waals surface area (Å²) in [4.78, 5) is 26.1. The molecule has 59 heavy (non-hydrogen) atoms. The minimum atomic E-state index is 0.394. The van der Waals surface area contributed by atoms with E-state index in [9.17, 15) is 0 Å². The first-order valence-electron chi connectivity index (χ1n) is 18.3. The number of ether oxygens (including phenoxy) is 5. The lowest BCUT2D eigenvalue weighted by Crippen LogP contribution is -2.07. The Morgan fingerprint density at radius 2 is 0.966 bits per heavy atom. The largest absolute Gasteiger partial charge is 0.497 e. The summed E-state index contributed by atoms with van der Waals surface area (Å²) >= 11 is 0. The maximum atomic E-state index is 5.97. The van der Waals surface area contributed by atoms with Gasteiger partial charge in [-0.1, -0.05) is 12.1 Å². The Hall–Kier alpha value is -8.20. The zero-order chi connectivity index (χ0) is 40.6. The maximum Gasteiger partial charge on any atom is 0.222 e. The molecule has 0 fully saturated rings. The van der Waals surface area contributed by atoms with Crippen LogP contribution in [-0.4, -0.2) is 60.0 Å². The molecule has 15 nitrogen and oxygen atoms in total. The average Bonchev–Trinajstić information content (AvgIpc) is 3.93. The lowest BCUT2D eigenvalue weighted by atomic mass is 10.2. The monoisotopic (exact) mass is 786 g/mol. The topological polar surface area (TPSA) is 170 Å². The first-order chi connectivity index (χ1) is 29.0. The van der Waals surface area contributed by atoms with E-state index in [0.29, 0.717) is 53.2 Å². The number of nitrogens with one attached hydrogen (secondary N) is 1. The van der Waals surface area contributed by atoms with Crippen molar-refractivity contribution in [2.24, 2.45) is 0 Å². The second-order valence-electron chi connectivity index (χ2n) is 12.8. The van der Waals surface area contributed by atoms with Crippen molar-refractivity contribution >= 4 is 22.9 Å². The molecule has 0 saturated heterocycles. The number of nitrogens with zero attached hydrogens (tertiary/aromatic N) is 8.